The van der Waals surface area contributed by atoms with Crippen LogP contribution in [-0.4, -0.2) is 25.0 Å². The van der Waals surface area contributed by atoms with Gasteiger partial charge in [-0.1, -0.05) is 12.1 Å². The van der Waals surface area contributed by atoms with Gasteiger partial charge in [0.25, 0.3) is 0 Å². The number of piperidine rings is 1. The van der Waals surface area contributed by atoms with Crippen molar-refractivity contribution in [2.75, 3.05) is 13.1 Å². The van der Waals surface area contributed by atoms with Crippen molar-refractivity contribution >= 4 is 5.91 Å². The monoisotopic (exact) mass is 264 g/mol. The molecule has 0 spiro atoms. The summed E-state index contributed by atoms with van der Waals surface area (Å²) in [6.07, 6.45) is 2.83. The maximum absolute atomic E-state index is 12.9. The molecule has 1 aromatic carbocycles. The second-order valence-electron chi connectivity index (χ2n) is 5.12. The molecule has 0 radical (unpaired) electrons. The van der Waals surface area contributed by atoms with Crippen LogP contribution >= 0.6 is 0 Å². The van der Waals surface area contributed by atoms with Gasteiger partial charge >= 0.3 is 0 Å². The molecule has 1 aliphatic heterocycles. The predicted octanol–water partition coefficient (Wildman–Crippen LogP) is 1.87. The van der Waals surface area contributed by atoms with Crippen LogP contribution in [0.2, 0.25) is 0 Å². The number of carbonyl (C=O) groups excluding carboxylic acids is 1. The van der Waals surface area contributed by atoms with Gasteiger partial charge in [0.05, 0.1) is 6.04 Å². The Kier molecular flexibility index (Phi) is 4.91. The first-order valence-electron chi connectivity index (χ1n) is 6.94. The summed E-state index contributed by atoms with van der Waals surface area (Å²) < 4.78 is 12.9. The zero-order chi connectivity index (χ0) is 13.7. The minimum Gasteiger partial charge on any atom is -0.355 e. The van der Waals surface area contributed by atoms with Crippen LogP contribution in [0.1, 0.15) is 25.3 Å². The van der Waals surface area contributed by atoms with E-state index in [1.165, 1.54) is 12.1 Å². The topological polar surface area (TPSA) is 41.1 Å². The summed E-state index contributed by atoms with van der Waals surface area (Å²) in [5, 5.41) is 6.11. The van der Waals surface area contributed by atoms with Gasteiger partial charge in [0, 0.05) is 6.54 Å². The van der Waals surface area contributed by atoms with Crippen molar-refractivity contribution < 1.29 is 9.18 Å². The normalized spacial score (nSPS) is 23.1. The lowest BCUT2D eigenvalue weighted by Gasteiger charge is -2.29. The third kappa shape index (κ3) is 4.03. The van der Waals surface area contributed by atoms with Crippen molar-refractivity contribution in [1.29, 1.82) is 0 Å². The molecule has 0 bridgehead atoms. The molecule has 0 saturated carbocycles. The Morgan fingerprint density at radius 3 is 2.84 bits per heavy atom. The molecule has 1 heterocycles. The molecule has 2 rings (SSSR count). The third-order valence-electron chi connectivity index (χ3n) is 3.62. The van der Waals surface area contributed by atoms with E-state index in [-0.39, 0.29) is 17.8 Å². The first-order chi connectivity index (χ1) is 9.19. The largest absolute Gasteiger partial charge is 0.355 e. The summed E-state index contributed by atoms with van der Waals surface area (Å²) >= 11 is 0. The summed E-state index contributed by atoms with van der Waals surface area (Å²) in [6, 6.07) is 6.57. The van der Waals surface area contributed by atoms with E-state index >= 15 is 0 Å². The third-order valence-corrected chi connectivity index (χ3v) is 3.62. The average Bonchev–Trinajstić information content (AvgIpc) is 2.42. The molecule has 4 heteroatoms. The molecule has 1 amide bonds. The molecule has 2 N–H and O–H groups in total. The average molecular weight is 264 g/mol. The van der Waals surface area contributed by atoms with Gasteiger partial charge in [-0.3, -0.25) is 4.79 Å². The second kappa shape index (κ2) is 6.66. The van der Waals surface area contributed by atoms with Crippen molar-refractivity contribution in [3.63, 3.8) is 0 Å². The van der Waals surface area contributed by atoms with E-state index in [4.69, 9.17) is 0 Å². The van der Waals surface area contributed by atoms with Gasteiger partial charge < -0.3 is 10.6 Å². The maximum Gasteiger partial charge on any atom is 0.237 e. The summed E-state index contributed by atoms with van der Waals surface area (Å²) in [4.78, 5) is 11.8. The summed E-state index contributed by atoms with van der Waals surface area (Å²) in [5.74, 6) is 0.375. The molecule has 1 saturated heterocycles. The lowest BCUT2D eigenvalue weighted by molar-refractivity contribution is -0.123. The van der Waals surface area contributed by atoms with Crippen LogP contribution in [0, 0.1) is 11.7 Å². The number of benzene rings is 1. The van der Waals surface area contributed by atoms with E-state index in [1.54, 1.807) is 0 Å². The van der Waals surface area contributed by atoms with Gasteiger partial charge in [-0.2, -0.15) is 0 Å². The molecule has 1 fully saturated rings. The fourth-order valence-corrected chi connectivity index (χ4v) is 2.63. The van der Waals surface area contributed by atoms with E-state index in [2.05, 4.69) is 10.6 Å². The number of carbonyl (C=O) groups is 1. The Labute approximate surface area is 113 Å². The number of nitrogens with one attached hydrogen (secondary N) is 2. The van der Waals surface area contributed by atoms with Crippen LogP contribution in [0.25, 0.3) is 0 Å². The van der Waals surface area contributed by atoms with Crippen LogP contribution in [-0.2, 0) is 11.2 Å². The van der Waals surface area contributed by atoms with Gasteiger partial charge in [-0.05, 0) is 56.3 Å². The van der Waals surface area contributed by atoms with E-state index in [9.17, 15) is 9.18 Å². The number of halogens is 1. The Balaban J connectivity index is 1.90. The number of likely N-dealkylation sites (N-methyl/N-ethyl adjacent to an activating group) is 1. The Morgan fingerprint density at radius 1 is 1.42 bits per heavy atom. The molecule has 19 heavy (non-hydrogen) atoms. The molecule has 0 aliphatic carbocycles. The number of hydrogen-bond donors (Lipinski definition) is 2. The van der Waals surface area contributed by atoms with Gasteiger partial charge in [0.2, 0.25) is 5.91 Å². The maximum atomic E-state index is 12.9. The number of hydrogen-bond acceptors (Lipinski definition) is 2. The highest BCUT2D eigenvalue weighted by Gasteiger charge is 2.26. The van der Waals surface area contributed by atoms with Crippen LogP contribution in [0.5, 0.6) is 0 Å². The van der Waals surface area contributed by atoms with Gasteiger partial charge in [0.1, 0.15) is 5.82 Å². The van der Waals surface area contributed by atoms with Crippen LogP contribution in [0.4, 0.5) is 4.39 Å². The smallest absolute Gasteiger partial charge is 0.237 e. The van der Waals surface area contributed by atoms with E-state index in [1.807, 2.05) is 19.1 Å². The zero-order valence-electron chi connectivity index (χ0n) is 11.3. The fourth-order valence-electron chi connectivity index (χ4n) is 2.63. The molecule has 2 atom stereocenters. The van der Waals surface area contributed by atoms with Crippen molar-refractivity contribution in [1.82, 2.24) is 10.6 Å². The first kappa shape index (κ1) is 14.0. The van der Waals surface area contributed by atoms with E-state index in [0.29, 0.717) is 12.5 Å². The molecule has 3 nitrogen and oxygen atoms in total. The lowest BCUT2D eigenvalue weighted by atomic mass is 9.87. The molecule has 1 aliphatic rings. The Hall–Kier alpha value is -1.42. The first-order valence-corrected chi connectivity index (χ1v) is 6.94. The minimum atomic E-state index is -0.200. The van der Waals surface area contributed by atoms with Crippen molar-refractivity contribution in [3.05, 3.63) is 35.6 Å². The molecule has 1 aromatic rings. The highest BCUT2D eigenvalue weighted by Crippen LogP contribution is 2.21. The van der Waals surface area contributed by atoms with Crippen LogP contribution in [0.3, 0.4) is 0 Å². The van der Waals surface area contributed by atoms with Crippen LogP contribution < -0.4 is 10.6 Å². The Morgan fingerprint density at radius 2 is 2.16 bits per heavy atom. The second-order valence-corrected chi connectivity index (χ2v) is 5.12. The van der Waals surface area contributed by atoms with Crippen molar-refractivity contribution in [3.8, 4) is 0 Å². The fraction of sp³-hybridized carbons (Fsp3) is 0.533. The highest BCUT2D eigenvalue weighted by atomic mass is 19.1. The molecular formula is C15H21FN2O. The summed E-state index contributed by atoms with van der Waals surface area (Å²) in [7, 11) is 0. The number of rotatable bonds is 4. The molecule has 2 unspecified atom stereocenters. The summed E-state index contributed by atoms with van der Waals surface area (Å²) in [6.45, 7) is 3.46. The molecular weight excluding hydrogens is 243 g/mol. The SMILES string of the molecule is CCNC(=O)C1CC(Cc2ccc(F)cc2)CCN1. The quantitative estimate of drug-likeness (QED) is 0.871. The molecule has 104 valence electrons. The highest BCUT2D eigenvalue weighted by molar-refractivity contribution is 5.81. The van der Waals surface area contributed by atoms with Crippen molar-refractivity contribution in [2.24, 2.45) is 5.92 Å². The van der Waals surface area contributed by atoms with Crippen LogP contribution in [0.15, 0.2) is 24.3 Å². The lowest BCUT2D eigenvalue weighted by Crippen LogP contribution is -2.48. The predicted molar refractivity (Wildman–Crippen MR) is 73.3 cm³/mol. The van der Waals surface area contributed by atoms with Gasteiger partial charge in [-0.25, -0.2) is 4.39 Å². The van der Waals surface area contributed by atoms with Gasteiger partial charge in [0.15, 0.2) is 0 Å². The van der Waals surface area contributed by atoms with E-state index < -0.39 is 0 Å². The zero-order valence-corrected chi connectivity index (χ0v) is 11.3. The van der Waals surface area contributed by atoms with Crippen molar-refractivity contribution in [2.45, 2.75) is 32.2 Å². The Bertz CT molecular complexity index is 419. The molecule has 0 aromatic heterocycles. The van der Waals surface area contributed by atoms with E-state index in [0.717, 1.165) is 31.4 Å². The van der Waals surface area contributed by atoms with Gasteiger partial charge in [-0.15, -0.1) is 0 Å². The summed E-state index contributed by atoms with van der Waals surface area (Å²) in [5.41, 5.74) is 1.14. The minimum absolute atomic E-state index is 0.0841. The number of amides is 1. The standard InChI is InChI=1S/C15H21FN2O/c1-2-17-15(19)14-10-12(7-8-18-14)9-11-3-5-13(16)6-4-11/h3-6,12,14,18H,2,7-10H2,1H3,(H,17,19).